The van der Waals surface area contributed by atoms with Crippen molar-refractivity contribution in [2.24, 2.45) is 11.7 Å². The Morgan fingerprint density at radius 3 is 3.00 bits per heavy atom. The lowest BCUT2D eigenvalue weighted by atomic mass is 9.71. The van der Waals surface area contributed by atoms with Crippen LogP contribution in [0.4, 0.5) is 0 Å². The Bertz CT molecular complexity index is 257. The third-order valence-corrected chi connectivity index (χ3v) is 3.89. The van der Waals surface area contributed by atoms with Crippen molar-refractivity contribution in [2.75, 3.05) is 19.6 Å². The van der Waals surface area contributed by atoms with Gasteiger partial charge in [0.2, 0.25) is 5.91 Å². The maximum atomic E-state index is 10.8. The zero-order valence-electron chi connectivity index (χ0n) is 9.11. The molecule has 1 saturated carbocycles. The lowest BCUT2D eigenvalue weighted by molar-refractivity contribution is -0.124. The number of primary amides is 1. The van der Waals surface area contributed by atoms with Gasteiger partial charge in [-0.25, -0.2) is 0 Å². The molecule has 1 aliphatic carbocycles. The van der Waals surface area contributed by atoms with Gasteiger partial charge in [-0.1, -0.05) is 12.8 Å². The Balaban J connectivity index is 1.95. The quantitative estimate of drug-likeness (QED) is 0.682. The number of likely N-dealkylation sites (tertiary alicyclic amines) is 1. The van der Waals surface area contributed by atoms with Gasteiger partial charge in [0.05, 0.1) is 12.1 Å². The molecule has 0 bridgehead atoms. The first-order valence-electron chi connectivity index (χ1n) is 5.83. The van der Waals surface area contributed by atoms with Gasteiger partial charge in [0.15, 0.2) is 0 Å². The molecule has 1 amide bonds. The third-order valence-electron chi connectivity index (χ3n) is 3.89. The molecule has 3 N–H and O–H groups in total. The summed E-state index contributed by atoms with van der Waals surface area (Å²) in [6.45, 7) is 1.97. The molecule has 4 heteroatoms. The zero-order valence-corrected chi connectivity index (χ0v) is 9.11. The number of hydrogen-bond acceptors (Lipinski definition) is 3. The number of nitrogens with two attached hydrogens (primary N) is 1. The molecule has 4 nitrogen and oxygen atoms in total. The van der Waals surface area contributed by atoms with Crippen LogP contribution in [0.15, 0.2) is 0 Å². The highest BCUT2D eigenvalue weighted by Gasteiger charge is 2.42. The van der Waals surface area contributed by atoms with E-state index in [1.54, 1.807) is 0 Å². The van der Waals surface area contributed by atoms with Gasteiger partial charge < -0.3 is 10.8 Å². The summed E-state index contributed by atoms with van der Waals surface area (Å²) in [4.78, 5) is 12.9. The van der Waals surface area contributed by atoms with Gasteiger partial charge in [-0.15, -0.1) is 0 Å². The van der Waals surface area contributed by atoms with Gasteiger partial charge >= 0.3 is 0 Å². The highest BCUT2D eigenvalue weighted by atomic mass is 16.3. The van der Waals surface area contributed by atoms with Crippen molar-refractivity contribution in [1.29, 1.82) is 0 Å². The van der Waals surface area contributed by atoms with Crippen LogP contribution in [0.3, 0.4) is 0 Å². The van der Waals surface area contributed by atoms with E-state index in [2.05, 4.69) is 4.90 Å². The minimum atomic E-state index is -0.452. The summed E-state index contributed by atoms with van der Waals surface area (Å²) in [6.07, 6.45) is 5.17. The summed E-state index contributed by atoms with van der Waals surface area (Å²) in [5.41, 5.74) is 4.73. The average molecular weight is 212 g/mol. The fraction of sp³-hybridized carbons (Fsp3) is 0.909. The van der Waals surface area contributed by atoms with Gasteiger partial charge in [-0.05, 0) is 19.3 Å². The topological polar surface area (TPSA) is 66.6 Å². The Morgan fingerprint density at radius 1 is 1.47 bits per heavy atom. The van der Waals surface area contributed by atoms with Crippen molar-refractivity contribution in [1.82, 2.24) is 4.90 Å². The smallest absolute Gasteiger partial charge is 0.231 e. The van der Waals surface area contributed by atoms with E-state index in [0.717, 1.165) is 38.8 Å². The fourth-order valence-electron chi connectivity index (χ4n) is 3.00. The number of rotatable bonds is 2. The SMILES string of the molecule is NC(=O)CN1CCC2(O)CCCCC2C1. The van der Waals surface area contributed by atoms with Crippen LogP contribution in [-0.2, 0) is 4.79 Å². The second-order valence-electron chi connectivity index (χ2n) is 5.00. The number of aliphatic hydroxyl groups is 1. The van der Waals surface area contributed by atoms with Crippen LogP contribution in [-0.4, -0.2) is 41.1 Å². The molecule has 86 valence electrons. The Labute approximate surface area is 90.4 Å². The molecule has 1 heterocycles. The first-order valence-corrected chi connectivity index (χ1v) is 5.83. The molecule has 0 spiro atoms. The molecular weight excluding hydrogens is 192 g/mol. The van der Waals surface area contributed by atoms with Crippen molar-refractivity contribution < 1.29 is 9.90 Å². The van der Waals surface area contributed by atoms with Gasteiger partial charge in [0, 0.05) is 19.0 Å². The summed E-state index contributed by atoms with van der Waals surface area (Å²) < 4.78 is 0. The molecule has 1 aliphatic heterocycles. The molecule has 0 radical (unpaired) electrons. The molecule has 2 rings (SSSR count). The van der Waals surface area contributed by atoms with E-state index in [-0.39, 0.29) is 5.91 Å². The van der Waals surface area contributed by atoms with Crippen molar-refractivity contribution in [2.45, 2.75) is 37.7 Å². The molecule has 0 aromatic rings. The van der Waals surface area contributed by atoms with E-state index < -0.39 is 5.60 Å². The molecule has 2 aliphatic rings. The Kier molecular flexibility index (Phi) is 2.98. The van der Waals surface area contributed by atoms with Crippen molar-refractivity contribution in [3.63, 3.8) is 0 Å². The lowest BCUT2D eigenvalue weighted by Crippen LogP contribution is -2.54. The average Bonchev–Trinajstić information content (AvgIpc) is 2.17. The van der Waals surface area contributed by atoms with Crippen LogP contribution >= 0.6 is 0 Å². The highest BCUT2D eigenvalue weighted by Crippen LogP contribution is 2.39. The predicted molar refractivity (Wildman–Crippen MR) is 57.2 cm³/mol. The molecule has 0 aromatic carbocycles. The maximum Gasteiger partial charge on any atom is 0.231 e. The number of carbonyl (C=O) groups excluding carboxylic acids is 1. The van der Waals surface area contributed by atoms with Gasteiger partial charge in [-0.2, -0.15) is 0 Å². The number of fused-ring (bicyclic) bond motifs is 1. The second-order valence-corrected chi connectivity index (χ2v) is 5.00. The number of nitrogens with zero attached hydrogens (tertiary/aromatic N) is 1. The van der Waals surface area contributed by atoms with Crippen molar-refractivity contribution in [3.05, 3.63) is 0 Å². The summed E-state index contributed by atoms with van der Waals surface area (Å²) >= 11 is 0. The van der Waals surface area contributed by atoms with E-state index in [0.29, 0.717) is 12.5 Å². The minimum Gasteiger partial charge on any atom is -0.390 e. The van der Waals surface area contributed by atoms with E-state index in [1.165, 1.54) is 6.42 Å². The van der Waals surface area contributed by atoms with E-state index in [4.69, 9.17) is 5.73 Å². The zero-order chi connectivity index (χ0) is 10.9. The number of piperidine rings is 1. The minimum absolute atomic E-state index is 0.267. The first kappa shape index (κ1) is 10.9. The van der Waals surface area contributed by atoms with Gasteiger partial charge in [0.1, 0.15) is 0 Å². The van der Waals surface area contributed by atoms with Gasteiger partial charge in [-0.3, -0.25) is 9.69 Å². The Morgan fingerprint density at radius 2 is 2.27 bits per heavy atom. The van der Waals surface area contributed by atoms with E-state index in [1.807, 2.05) is 0 Å². The summed E-state index contributed by atoms with van der Waals surface area (Å²) in [6, 6.07) is 0. The van der Waals surface area contributed by atoms with Crippen molar-refractivity contribution >= 4 is 5.91 Å². The molecular formula is C11H20N2O2. The highest BCUT2D eigenvalue weighted by molar-refractivity contribution is 5.75. The predicted octanol–water partition coefficient (Wildman–Crippen LogP) is 0.0987. The van der Waals surface area contributed by atoms with Crippen LogP contribution in [0.25, 0.3) is 0 Å². The Hall–Kier alpha value is -0.610. The van der Waals surface area contributed by atoms with Crippen LogP contribution in [0.1, 0.15) is 32.1 Å². The normalized spacial score (nSPS) is 37.3. The largest absolute Gasteiger partial charge is 0.390 e. The second kappa shape index (κ2) is 4.10. The monoisotopic (exact) mass is 212 g/mol. The molecule has 0 aromatic heterocycles. The molecule has 1 saturated heterocycles. The molecule has 2 fully saturated rings. The summed E-state index contributed by atoms with van der Waals surface area (Å²) in [5, 5.41) is 10.4. The maximum absolute atomic E-state index is 10.8. The molecule has 2 unspecified atom stereocenters. The number of carbonyl (C=O) groups is 1. The third kappa shape index (κ3) is 2.32. The van der Waals surface area contributed by atoms with Gasteiger partial charge in [0.25, 0.3) is 0 Å². The van der Waals surface area contributed by atoms with Crippen molar-refractivity contribution in [3.8, 4) is 0 Å². The number of hydrogen-bond donors (Lipinski definition) is 2. The standard InChI is InChI=1S/C11H20N2O2/c12-10(14)8-13-6-5-11(15)4-2-1-3-9(11)7-13/h9,15H,1-8H2,(H2,12,14). The van der Waals surface area contributed by atoms with E-state index >= 15 is 0 Å². The van der Waals surface area contributed by atoms with Crippen LogP contribution in [0.2, 0.25) is 0 Å². The summed E-state index contributed by atoms with van der Waals surface area (Å²) in [7, 11) is 0. The molecule has 2 atom stereocenters. The summed E-state index contributed by atoms with van der Waals surface area (Å²) in [5.74, 6) is 0.0793. The van der Waals surface area contributed by atoms with Crippen LogP contribution < -0.4 is 5.73 Å². The first-order chi connectivity index (χ1) is 7.10. The van der Waals surface area contributed by atoms with E-state index in [9.17, 15) is 9.90 Å². The van der Waals surface area contributed by atoms with Crippen LogP contribution in [0, 0.1) is 5.92 Å². The van der Waals surface area contributed by atoms with Crippen LogP contribution in [0.5, 0.6) is 0 Å². The lowest BCUT2D eigenvalue weighted by Gasteiger charge is -2.47. The number of amides is 1. The fourth-order valence-corrected chi connectivity index (χ4v) is 3.00. The molecule has 15 heavy (non-hydrogen) atoms.